The number of halogens is 1. The maximum atomic E-state index is 13.2. The molecule has 2 heterocycles. The van der Waals surface area contributed by atoms with Crippen LogP contribution in [0, 0.1) is 12.7 Å². The van der Waals surface area contributed by atoms with Crippen molar-refractivity contribution < 1.29 is 9.18 Å². The van der Waals surface area contributed by atoms with Crippen LogP contribution >= 0.6 is 11.3 Å². The number of pyridine rings is 1. The van der Waals surface area contributed by atoms with E-state index in [1.807, 2.05) is 37.3 Å². The lowest BCUT2D eigenvalue weighted by Gasteiger charge is -2.19. The van der Waals surface area contributed by atoms with Crippen molar-refractivity contribution in [3.63, 3.8) is 0 Å². The molecule has 0 aliphatic heterocycles. The molecule has 0 bridgehead atoms. The van der Waals surface area contributed by atoms with Crippen LogP contribution in [0.3, 0.4) is 0 Å². The molecule has 4 aromatic rings. The third-order valence-corrected chi connectivity index (χ3v) is 5.42. The van der Waals surface area contributed by atoms with Gasteiger partial charge in [-0.2, -0.15) is 0 Å². The third-order valence-electron chi connectivity index (χ3n) is 4.38. The number of hydrogen-bond donors (Lipinski definition) is 0. The SMILES string of the molecule is Cc1ccc2nc(N(Cc3ccccn3)C(=O)Cc3ccc(F)cc3)sc2c1. The number of thiazole rings is 1. The zero-order chi connectivity index (χ0) is 19.5. The maximum absolute atomic E-state index is 13.2. The van der Waals surface area contributed by atoms with E-state index in [0.29, 0.717) is 11.7 Å². The molecule has 6 heteroatoms. The second kappa shape index (κ2) is 7.86. The minimum atomic E-state index is -0.317. The molecule has 0 spiro atoms. The lowest BCUT2D eigenvalue weighted by Crippen LogP contribution is -2.32. The standard InChI is InChI=1S/C22H18FN3OS/c1-15-5-10-19-20(12-15)28-22(25-19)26(14-18-4-2-3-11-24-18)21(27)13-16-6-8-17(23)9-7-16/h2-12H,13-14H2,1H3. The number of carbonyl (C=O) groups excluding carboxylic acids is 1. The first-order valence-electron chi connectivity index (χ1n) is 8.90. The van der Waals surface area contributed by atoms with Crippen LogP contribution in [0.2, 0.25) is 0 Å². The van der Waals surface area contributed by atoms with Gasteiger partial charge in [0, 0.05) is 6.20 Å². The number of anilines is 1. The first-order valence-corrected chi connectivity index (χ1v) is 9.72. The Morgan fingerprint density at radius 3 is 2.68 bits per heavy atom. The van der Waals surface area contributed by atoms with Gasteiger partial charge in [-0.3, -0.25) is 14.7 Å². The summed E-state index contributed by atoms with van der Waals surface area (Å²) in [5.41, 5.74) is 3.56. The topological polar surface area (TPSA) is 46.1 Å². The van der Waals surface area contributed by atoms with E-state index in [1.54, 1.807) is 23.2 Å². The molecule has 0 atom stereocenters. The van der Waals surface area contributed by atoms with Gasteiger partial charge in [0.15, 0.2) is 5.13 Å². The Kier molecular flexibility index (Phi) is 5.12. The van der Waals surface area contributed by atoms with Gasteiger partial charge < -0.3 is 0 Å². The quantitative estimate of drug-likeness (QED) is 0.485. The number of fused-ring (bicyclic) bond motifs is 1. The van der Waals surface area contributed by atoms with E-state index in [9.17, 15) is 9.18 Å². The lowest BCUT2D eigenvalue weighted by atomic mass is 10.1. The van der Waals surface area contributed by atoms with Gasteiger partial charge >= 0.3 is 0 Å². The van der Waals surface area contributed by atoms with E-state index in [2.05, 4.69) is 16.0 Å². The number of hydrogen-bond acceptors (Lipinski definition) is 4. The molecule has 0 aliphatic rings. The molecule has 2 aromatic carbocycles. The molecule has 0 saturated heterocycles. The summed E-state index contributed by atoms with van der Waals surface area (Å²) in [5.74, 6) is -0.420. The Morgan fingerprint density at radius 2 is 1.93 bits per heavy atom. The highest BCUT2D eigenvalue weighted by molar-refractivity contribution is 7.22. The molecule has 0 unspecified atom stereocenters. The van der Waals surface area contributed by atoms with Crippen LogP contribution in [0.4, 0.5) is 9.52 Å². The maximum Gasteiger partial charge on any atom is 0.233 e. The van der Waals surface area contributed by atoms with E-state index < -0.39 is 0 Å². The van der Waals surface area contributed by atoms with Crippen LogP contribution in [-0.4, -0.2) is 15.9 Å². The molecule has 2 aromatic heterocycles. The molecule has 0 radical (unpaired) electrons. The van der Waals surface area contributed by atoms with Gasteiger partial charge in [-0.1, -0.05) is 35.6 Å². The monoisotopic (exact) mass is 391 g/mol. The molecule has 1 amide bonds. The average molecular weight is 391 g/mol. The molecule has 140 valence electrons. The van der Waals surface area contributed by atoms with E-state index >= 15 is 0 Å². The average Bonchev–Trinajstić information content (AvgIpc) is 3.11. The summed E-state index contributed by atoms with van der Waals surface area (Å²) in [6.07, 6.45) is 1.88. The molecule has 28 heavy (non-hydrogen) atoms. The fourth-order valence-electron chi connectivity index (χ4n) is 2.92. The van der Waals surface area contributed by atoms with E-state index in [4.69, 9.17) is 0 Å². The van der Waals surface area contributed by atoms with Gasteiger partial charge in [-0.05, 0) is 54.4 Å². The lowest BCUT2D eigenvalue weighted by molar-refractivity contribution is -0.118. The third kappa shape index (κ3) is 4.07. The highest BCUT2D eigenvalue weighted by atomic mass is 32.1. The molecule has 0 fully saturated rings. The summed E-state index contributed by atoms with van der Waals surface area (Å²) >= 11 is 1.49. The van der Waals surface area contributed by atoms with Crippen LogP contribution in [0.15, 0.2) is 66.9 Å². The highest BCUT2D eigenvalue weighted by Crippen LogP contribution is 2.30. The number of rotatable bonds is 5. The number of benzene rings is 2. The second-order valence-corrected chi connectivity index (χ2v) is 7.58. The summed E-state index contributed by atoms with van der Waals surface area (Å²) in [5, 5.41) is 0.637. The molecule has 4 nitrogen and oxygen atoms in total. The normalized spacial score (nSPS) is 10.9. The van der Waals surface area contributed by atoms with Crippen molar-refractivity contribution in [1.29, 1.82) is 0 Å². The number of aryl methyl sites for hydroxylation is 1. The second-order valence-electron chi connectivity index (χ2n) is 6.57. The Morgan fingerprint density at radius 1 is 1.11 bits per heavy atom. The Labute approximate surface area is 166 Å². The number of amides is 1. The van der Waals surface area contributed by atoms with Gasteiger partial charge in [0.25, 0.3) is 0 Å². The summed E-state index contributed by atoms with van der Waals surface area (Å²) in [7, 11) is 0. The largest absolute Gasteiger partial charge is 0.282 e. The van der Waals surface area contributed by atoms with Crippen molar-refractivity contribution in [2.45, 2.75) is 19.9 Å². The van der Waals surface area contributed by atoms with Crippen LogP contribution in [0.1, 0.15) is 16.8 Å². The first kappa shape index (κ1) is 18.3. The van der Waals surface area contributed by atoms with E-state index in [0.717, 1.165) is 27.0 Å². The van der Waals surface area contributed by atoms with Crippen molar-refractivity contribution in [2.24, 2.45) is 0 Å². The number of aromatic nitrogens is 2. The predicted molar refractivity (Wildman–Crippen MR) is 110 cm³/mol. The molecule has 0 saturated carbocycles. The first-order chi connectivity index (χ1) is 13.6. The van der Waals surface area contributed by atoms with Gasteiger partial charge in [0.2, 0.25) is 5.91 Å². The van der Waals surface area contributed by atoms with E-state index in [-0.39, 0.29) is 18.1 Å². The van der Waals surface area contributed by atoms with Crippen molar-refractivity contribution >= 4 is 32.6 Å². The zero-order valence-corrected chi connectivity index (χ0v) is 16.1. The number of nitrogens with zero attached hydrogens (tertiary/aromatic N) is 3. The van der Waals surface area contributed by atoms with Gasteiger partial charge in [-0.15, -0.1) is 0 Å². The Hall–Kier alpha value is -3.12. The van der Waals surface area contributed by atoms with E-state index in [1.165, 1.54) is 23.5 Å². The van der Waals surface area contributed by atoms with Crippen LogP contribution in [0.5, 0.6) is 0 Å². The van der Waals surface area contributed by atoms with Gasteiger partial charge in [0.05, 0.1) is 28.9 Å². The summed E-state index contributed by atoms with van der Waals surface area (Å²) < 4.78 is 14.2. The van der Waals surface area contributed by atoms with Gasteiger partial charge in [0.1, 0.15) is 5.82 Å². The minimum absolute atomic E-state index is 0.104. The summed E-state index contributed by atoms with van der Waals surface area (Å²) in [6, 6.07) is 17.7. The molecular formula is C22H18FN3OS. The highest BCUT2D eigenvalue weighted by Gasteiger charge is 2.21. The van der Waals surface area contributed by atoms with Crippen molar-refractivity contribution in [3.05, 3.63) is 89.5 Å². The predicted octanol–water partition coefficient (Wildman–Crippen LogP) is 4.91. The van der Waals surface area contributed by atoms with Crippen LogP contribution in [-0.2, 0) is 17.8 Å². The van der Waals surface area contributed by atoms with Crippen molar-refractivity contribution in [2.75, 3.05) is 4.90 Å². The molecular weight excluding hydrogens is 373 g/mol. The number of carbonyl (C=O) groups is 1. The molecule has 4 rings (SSSR count). The fraction of sp³-hybridized carbons (Fsp3) is 0.136. The van der Waals surface area contributed by atoms with Gasteiger partial charge in [-0.25, -0.2) is 9.37 Å². The summed E-state index contributed by atoms with van der Waals surface area (Å²) in [4.78, 5) is 23.8. The summed E-state index contributed by atoms with van der Waals surface area (Å²) in [6.45, 7) is 2.36. The molecule has 0 N–H and O–H groups in total. The smallest absolute Gasteiger partial charge is 0.233 e. The molecule has 0 aliphatic carbocycles. The van der Waals surface area contributed by atoms with Crippen LogP contribution < -0.4 is 4.90 Å². The zero-order valence-electron chi connectivity index (χ0n) is 15.3. The van der Waals surface area contributed by atoms with Crippen molar-refractivity contribution in [3.8, 4) is 0 Å². The Balaban J connectivity index is 1.67. The van der Waals surface area contributed by atoms with Crippen molar-refractivity contribution in [1.82, 2.24) is 9.97 Å². The van der Waals surface area contributed by atoms with Crippen LogP contribution in [0.25, 0.3) is 10.2 Å². The minimum Gasteiger partial charge on any atom is -0.282 e. The fourth-order valence-corrected chi connectivity index (χ4v) is 4.00. The Bertz CT molecular complexity index is 1110.